The van der Waals surface area contributed by atoms with Gasteiger partial charge >= 0.3 is 0 Å². The highest BCUT2D eigenvalue weighted by Crippen LogP contribution is 2.28. The molecule has 2 aromatic rings. The molecule has 100 valence electrons. The Hall–Kier alpha value is -1.39. The molecule has 0 fully saturated rings. The van der Waals surface area contributed by atoms with E-state index in [-0.39, 0.29) is 11.3 Å². The standard InChI is InChI=1S/C15H19N3S/c1-10-4-6-13(7-5-10)14(16)12(3)19-15-17-9-8-11(2)18-15/h4-9,12,14H,16H2,1-3H3. The van der Waals surface area contributed by atoms with Crippen LogP contribution in [0.4, 0.5) is 0 Å². The molecular formula is C15H19N3S. The molecule has 4 heteroatoms. The van der Waals surface area contributed by atoms with Crippen molar-refractivity contribution in [1.29, 1.82) is 0 Å². The maximum absolute atomic E-state index is 6.30. The third-order valence-corrected chi connectivity index (χ3v) is 4.10. The topological polar surface area (TPSA) is 51.8 Å². The average Bonchev–Trinajstić information content (AvgIpc) is 2.39. The lowest BCUT2D eigenvalue weighted by molar-refractivity contribution is 0.711. The van der Waals surface area contributed by atoms with E-state index in [1.165, 1.54) is 5.56 Å². The van der Waals surface area contributed by atoms with E-state index >= 15 is 0 Å². The maximum Gasteiger partial charge on any atom is 0.188 e. The van der Waals surface area contributed by atoms with E-state index in [4.69, 9.17) is 5.73 Å². The van der Waals surface area contributed by atoms with Crippen molar-refractivity contribution < 1.29 is 0 Å². The van der Waals surface area contributed by atoms with Gasteiger partial charge in [-0.2, -0.15) is 0 Å². The summed E-state index contributed by atoms with van der Waals surface area (Å²) in [4.78, 5) is 8.67. The molecule has 1 aromatic carbocycles. The summed E-state index contributed by atoms with van der Waals surface area (Å²) in [6.45, 7) is 6.16. The minimum atomic E-state index is -0.0188. The number of rotatable bonds is 4. The lowest BCUT2D eigenvalue weighted by Crippen LogP contribution is -2.21. The molecule has 2 unspecified atom stereocenters. The van der Waals surface area contributed by atoms with E-state index in [9.17, 15) is 0 Å². The third-order valence-electron chi connectivity index (χ3n) is 3.03. The molecule has 1 aromatic heterocycles. The van der Waals surface area contributed by atoms with Crippen molar-refractivity contribution in [1.82, 2.24) is 9.97 Å². The van der Waals surface area contributed by atoms with Crippen molar-refractivity contribution in [3.63, 3.8) is 0 Å². The van der Waals surface area contributed by atoms with Crippen LogP contribution in [0, 0.1) is 13.8 Å². The quantitative estimate of drug-likeness (QED) is 0.686. The van der Waals surface area contributed by atoms with Gasteiger partial charge in [-0.05, 0) is 25.5 Å². The monoisotopic (exact) mass is 273 g/mol. The molecule has 2 rings (SSSR count). The van der Waals surface area contributed by atoms with Gasteiger partial charge in [-0.3, -0.25) is 0 Å². The summed E-state index contributed by atoms with van der Waals surface area (Å²) in [7, 11) is 0. The van der Waals surface area contributed by atoms with Crippen LogP contribution in [0.15, 0.2) is 41.7 Å². The van der Waals surface area contributed by atoms with Crippen molar-refractivity contribution >= 4 is 11.8 Å². The van der Waals surface area contributed by atoms with Crippen LogP contribution < -0.4 is 5.73 Å². The van der Waals surface area contributed by atoms with Gasteiger partial charge in [0, 0.05) is 23.2 Å². The van der Waals surface area contributed by atoms with Crippen LogP contribution >= 0.6 is 11.8 Å². The predicted molar refractivity (Wildman–Crippen MR) is 80.2 cm³/mol. The summed E-state index contributed by atoms with van der Waals surface area (Å²) in [5.74, 6) is 0. The number of aryl methyl sites for hydroxylation is 2. The van der Waals surface area contributed by atoms with E-state index in [2.05, 4.69) is 48.1 Å². The van der Waals surface area contributed by atoms with Gasteiger partial charge in [0.1, 0.15) is 0 Å². The Balaban J connectivity index is 2.07. The average molecular weight is 273 g/mol. The fourth-order valence-corrected chi connectivity index (χ4v) is 2.74. The van der Waals surface area contributed by atoms with E-state index in [0.29, 0.717) is 0 Å². The lowest BCUT2D eigenvalue weighted by Gasteiger charge is -2.19. The molecule has 0 bridgehead atoms. The Morgan fingerprint density at radius 3 is 2.42 bits per heavy atom. The molecular weight excluding hydrogens is 254 g/mol. The van der Waals surface area contributed by atoms with Crippen LogP contribution in [-0.4, -0.2) is 15.2 Å². The van der Waals surface area contributed by atoms with Gasteiger partial charge < -0.3 is 5.73 Å². The summed E-state index contributed by atoms with van der Waals surface area (Å²) < 4.78 is 0. The number of nitrogens with zero attached hydrogens (tertiary/aromatic N) is 2. The fourth-order valence-electron chi connectivity index (χ4n) is 1.78. The maximum atomic E-state index is 6.30. The number of benzene rings is 1. The van der Waals surface area contributed by atoms with Crippen molar-refractivity contribution in [3.8, 4) is 0 Å². The molecule has 0 aliphatic rings. The molecule has 1 heterocycles. The predicted octanol–water partition coefficient (Wildman–Crippen LogP) is 3.27. The Kier molecular flexibility index (Phi) is 4.56. The van der Waals surface area contributed by atoms with Crippen molar-refractivity contribution in [3.05, 3.63) is 53.3 Å². The summed E-state index contributed by atoms with van der Waals surface area (Å²) in [6.07, 6.45) is 1.79. The number of thioether (sulfide) groups is 1. The highest BCUT2D eigenvalue weighted by Gasteiger charge is 2.17. The number of aromatic nitrogens is 2. The van der Waals surface area contributed by atoms with E-state index in [1.807, 2.05) is 13.0 Å². The third kappa shape index (κ3) is 3.78. The molecule has 0 aliphatic heterocycles. The van der Waals surface area contributed by atoms with Crippen molar-refractivity contribution in [2.45, 2.75) is 37.2 Å². The van der Waals surface area contributed by atoms with Gasteiger partial charge in [-0.25, -0.2) is 9.97 Å². The second-order valence-corrected chi connectivity index (χ2v) is 6.08. The summed E-state index contributed by atoms with van der Waals surface area (Å²) >= 11 is 1.62. The second-order valence-electron chi connectivity index (χ2n) is 4.74. The number of hydrogen-bond acceptors (Lipinski definition) is 4. The fraction of sp³-hybridized carbons (Fsp3) is 0.333. The zero-order chi connectivity index (χ0) is 13.8. The van der Waals surface area contributed by atoms with Crippen LogP contribution in [0.2, 0.25) is 0 Å². The minimum Gasteiger partial charge on any atom is -0.323 e. The number of hydrogen-bond donors (Lipinski definition) is 1. The Morgan fingerprint density at radius 2 is 1.79 bits per heavy atom. The Labute approximate surface area is 118 Å². The van der Waals surface area contributed by atoms with Crippen molar-refractivity contribution in [2.75, 3.05) is 0 Å². The van der Waals surface area contributed by atoms with Crippen LogP contribution in [0.1, 0.15) is 29.8 Å². The summed E-state index contributed by atoms with van der Waals surface area (Å²) in [6, 6.07) is 10.2. The first-order valence-corrected chi connectivity index (χ1v) is 7.22. The normalized spacial score (nSPS) is 14.1. The lowest BCUT2D eigenvalue weighted by atomic mass is 10.0. The zero-order valence-corrected chi connectivity index (χ0v) is 12.3. The van der Waals surface area contributed by atoms with Crippen LogP contribution in [0.25, 0.3) is 0 Å². The first kappa shape index (κ1) is 14.0. The molecule has 0 aliphatic carbocycles. The molecule has 0 radical (unpaired) electrons. The minimum absolute atomic E-state index is 0.0188. The SMILES string of the molecule is Cc1ccc(C(N)C(C)Sc2nccc(C)n2)cc1. The highest BCUT2D eigenvalue weighted by atomic mass is 32.2. The molecule has 0 amide bonds. The van der Waals surface area contributed by atoms with E-state index in [1.54, 1.807) is 18.0 Å². The second kappa shape index (κ2) is 6.17. The number of nitrogens with two attached hydrogens (primary N) is 1. The summed E-state index contributed by atoms with van der Waals surface area (Å²) in [5, 5.41) is 1.01. The first-order chi connectivity index (χ1) is 9.06. The Bertz CT molecular complexity index is 539. The largest absolute Gasteiger partial charge is 0.323 e. The molecule has 0 spiro atoms. The van der Waals surface area contributed by atoms with E-state index in [0.717, 1.165) is 16.4 Å². The smallest absolute Gasteiger partial charge is 0.188 e. The van der Waals surface area contributed by atoms with Crippen LogP contribution in [0.5, 0.6) is 0 Å². The summed E-state index contributed by atoms with van der Waals surface area (Å²) in [5.41, 5.74) is 9.68. The van der Waals surface area contributed by atoms with Gasteiger partial charge in [0.05, 0.1) is 0 Å². The van der Waals surface area contributed by atoms with Gasteiger partial charge in [0.2, 0.25) is 0 Å². The first-order valence-electron chi connectivity index (χ1n) is 6.34. The van der Waals surface area contributed by atoms with Gasteiger partial charge in [0.15, 0.2) is 5.16 Å². The zero-order valence-electron chi connectivity index (χ0n) is 11.5. The van der Waals surface area contributed by atoms with E-state index < -0.39 is 0 Å². The Morgan fingerprint density at radius 1 is 1.11 bits per heavy atom. The van der Waals surface area contributed by atoms with Gasteiger partial charge in [-0.15, -0.1) is 0 Å². The molecule has 0 saturated carbocycles. The van der Waals surface area contributed by atoms with Gasteiger partial charge in [0.25, 0.3) is 0 Å². The van der Waals surface area contributed by atoms with Crippen molar-refractivity contribution in [2.24, 2.45) is 5.73 Å². The molecule has 2 atom stereocenters. The molecule has 19 heavy (non-hydrogen) atoms. The molecule has 2 N–H and O–H groups in total. The van der Waals surface area contributed by atoms with Crippen LogP contribution in [-0.2, 0) is 0 Å². The molecule has 0 saturated heterocycles. The molecule has 3 nitrogen and oxygen atoms in total. The van der Waals surface area contributed by atoms with Crippen LogP contribution in [0.3, 0.4) is 0 Å². The van der Waals surface area contributed by atoms with Gasteiger partial charge in [-0.1, -0.05) is 48.5 Å². The highest BCUT2D eigenvalue weighted by molar-refractivity contribution is 7.99.